The normalized spacial score (nSPS) is 35.1. The molecular weight excluding hydrogens is 154 g/mol. The van der Waals surface area contributed by atoms with Gasteiger partial charge in [-0.25, -0.2) is 0 Å². The van der Waals surface area contributed by atoms with E-state index in [4.69, 9.17) is 0 Å². The fourth-order valence-electron chi connectivity index (χ4n) is 1.87. The van der Waals surface area contributed by atoms with E-state index >= 15 is 0 Å². The second-order valence-electron chi connectivity index (χ2n) is 3.43. The van der Waals surface area contributed by atoms with E-state index in [1.54, 1.807) is 0 Å². The van der Waals surface area contributed by atoms with Crippen LogP contribution < -0.4 is 0 Å². The number of fused-ring (bicyclic) bond motifs is 1. The van der Waals surface area contributed by atoms with Crippen molar-refractivity contribution in [3.05, 3.63) is 12.2 Å². The van der Waals surface area contributed by atoms with Gasteiger partial charge in [-0.05, 0) is 12.8 Å². The van der Waals surface area contributed by atoms with Gasteiger partial charge in [0.1, 0.15) is 0 Å². The van der Waals surface area contributed by atoms with Crippen LogP contribution in [0.2, 0.25) is 0 Å². The Bertz CT molecular complexity index is 225. The average Bonchev–Trinajstić information content (AvgIpc) is 2.28. The van der Waals surface area contributed by atoms with Crippen molar-refractivity contribution in [2.45, 2.75) is 31.4 Å². The molecule has 1 fully saturated rings. The molecule has 2 atom stereocenters. The average molecular weight is 167 g/mol. The number of carbonyl (C=O) groups is 1. The molecule has 2 aliphatic rings. The molecular formula is C9H13NO2. The number of aliphatic hydroxyl groups excluding tert-OH is 1. The van der Waals surface area contributed by atoms with Gasteiger partial charge in [0.2, 0.25) is 5.91 Å². The first-order valence-corrected chi connectivity index (χ1v) is 4.43. The van der Waals surface area contributed by atoms with Crippen LogP contribution in [0.3, 0.4) is 0 Å². The molecule has 0 aromatic rings. The fraction of sp³-hybridized carbons (Fsp3) is 0.667. The molecule has 1 amide bonds. The molecule has 0 bridgehead atoms. The van der Waals surface area contributed by atoms with Gasteiger partial charge in [-0.1, -0.05) is 12.2 Å². The van der Waals surface area contributed by atoms with Crippen molar-refractivity contribution >= 4 is 5.91 Å². The van der Waals surface area contributed by atoms with Gasteiger partial charge < -0.3 is 10.0 Å². The van der Waals surface area contributed by atoms with E-state index in [1.165, 1.54) is 0 Å². The summed E-state index contributed by atoms with van der Waals surface area (Å²) in [5.41, 5.74) is 0. The molecule has 0 unspecified atom stereocenters. The first kappa shape index (κ1) is 7.80. The van der Waals surface area contributed by atoms with Crippen molar-refractivity contribution < 1.29 is 9.90 Å². The molecule has 0 aromatic carbocycles. The molecule has 1 N–H and O–H groups in total. The van der Waals surface area contributed by atoms with Crippen LogP contribution in [-0.4, -0.2) is 34.6 Å². The Hall–Kier alpha value is -0.830. The lowest BCUT2D eigenvalue weighted by molar-refractivity contribution is -0.128. The van der Waals surface area contributed by atoms with Crippen LogP contribution >= 0.6 is 0 Å². The van der Waals surface area contributed by atoms with Crippen molar-refractivity contribution in [3.8, 4) is 0 Å². The Morgan fingerprint density at radius 2 is 2.25 bits per heavy atom. The van der Waals surface area contributed by atoms with Gasteiger partial charge in [0.05, 0.1) is 12.1 Å². The molecule has 3 heteroatoms. The van der Waals surface area contributed by atoms with Gasteiger partial charge in [-0.15, -0.1) is 0 Å². The highest BCUT2D eigenvalue weighted by atomic mass is 16.3. The smallest absolute Gasteiger partial charge is 0.223 e. The van der Waals surface area contributed by atoms with Crippen molar-refractivity contribution in [3.63, 3.8) is 0 Å². The predicted molar refractivity (Wildman–Crippen MR) is 44.5 cm³/mol. The van der Waals surface area contributed by atoms with Crippen molar-refractivity contribution in [2.75, 3.05) is 6.54 Å². The molecule has 66 valence electrons. The highest BCUT2D eigenvalue weighted by Crippen LogP contribution is 2.22. The number of rotatable bonds is 0. The molecule has 1 saturated heterocycles. The first-order valence-electron chi connectivity index (χ1n) is 4.43. The third kappa shape index (κ3) is 1.25. The van der Waals surface area contributed by atoms with Crippen molar-refractivity contribution in [1.29, 1.82) is 0 Å². The highest BCUT2D eigenvalue weighted by Gasteiger charge is 2.30. The van der Waals surface area contributed by atoms with Gasteiger partial charge in [0, 0.05) is 13.0 Å². The van der Waals surface area contributed by atoms with E-state index in [0.717, 1.165) is 6.42 Å². The van der Waals surface area contributed by atoms with E-state index in [1.807, 2.05) is 17.1 Å². The second kappa shape index (κ2) is 2.90. The minimum atomic E-state index is -0.358. The van der Waals surface area contributed by atoms with Gasteiger partial charge in [-0.2, -0.15) is 0 Å². The summed E-state index contributed by atoms with van der Waals surface area (Å²) in [5.74, 6) is 0.235. The van der Waals surface area contributed by atoms with Crippen LogP contribution in [0.4, 0.5) is 0 Å². The van der Waals surface area contributed by atoms with Crippen molar-refractivity contribution in [2.24, 2.45) is 0 Å². The van der Waals surface area contributed by atoms with E-state index in [2.05, 4.69) is 0 Å². The van der Waals surface area contributed by atoms with Crippen LogP contribution in [0.1, 0.15) is 19.3 Å². The summed E-state index contributed by atoms with van der Waals surface area (Å²) in [5, 5.41) is 9.31. The quantitative estimate of drug-likeness (QED) is 0.527. The van der Waals surface area contributed by atoms with Crippen LogP contribution in [0.5, 0.6) is 0 Å². The van der Waals surface area contributed by atoms with E-state index < -0.39 is 0 Å². The number of hydrogen-bond donors (Lipinski definition) is 1. The first-order chi connectivity index (χ1) is 5.77. The zero-order chi connectivity index (χ0) is 8.55. The highest BCUT2D eigenvalue weighted by molar-refractivity contribution is 5.79. The summed E-state index contributed by atoms with van der Waals surface area (Å²) in [6.45, 7) is 0.706. The lowest BCUT2D eigenvalue weighted by Crippen LogP contribution is -2.32. The predicted octanol–water partition coefficient (Wildman–Crippen LogP) is 0.298. The zero-order valence-corrected chi connectivity index (χ0v) is 6.94. The van der Waals surface area contributed by atoms with E-state index in [-0.39, 0.29) is 18.1 Å². The fourth-order valence-corrected chi connectivity index (χ4v) is 1.87. The Morgan fingerprint density at radius 3 is 3.08 bits per heavy atom. The summed E-state index contributed by atoms with van der Waals surface area (Å²) in [4.78, 5) is 13.1. The molecule has 0 aromatic heterocycles. The molecule has 2 heterocycles. The summed E-state index contributed by atoms with van der Waals surface area (Å²) in [7, 11) is 0. The minimum absolute atomic E-state index is 0.235. The molecule has 0 saturated carbocycles. The standard InChI is InChI=1S/C9H13NO2/c11-8-3-1-7-2-4-9(12)10(7)6-5-8/h1,3,7-8,11H,2,4-6H2/t7-,8+/m0/s1. The third-order valence-electron chi connectivity index (χ3n) is 2.60. The van der Waals surface area contributed by atoms with E-state index in [0.29, 0.717) is 19.4 Å². The van der Waals surface area contributed by atoms with Gasteiger partial charge >= 0.3 is 0 Å². The summed E-state index contributed by atoms with van der Waals surface area (Å²) in [6.07, 6.45) is 5.68. The van der Waals surface area contributed by atoms with Gasteiger partial charge in [-0.3, -0.25) is 4.79 Å². The molecule has 0 radical (unpaired) electrons. The minimum Gasteiger partial charge on any atom is -0.389 e. The van der Waals surface area contributed by atoms with Crippen molar-refractivity contribution in [1.82, 2.24) is 4.90 Å². The van der Waals surface area contributed by atoms with Crippen LogP contribution in [-0.2, 0) is 4.79 Å². The zero-order valence-electron chi connectivity index (χ0n) is 6.94. The van der Waals surface area contributed by atoms with Crippen LogP contribution in [0.15, 0.2) is 12.2 Å². The summed E-state index contributed by atoms with van der Waals surface area (Å²) >= 11 is 0. The van der Waals surface area contributed by atoms with E-state index in [9.17, 15) is 9.90 Å². The Kier molecular flexibility index (Phi) is 1.89. The van der Waals surface area contributed by atoms with Crippen LogP contribution in [0, 0.1) is 0 Å². The molecule has 3 nitrogen and oxygen atoms in total. The van der Waals surface area contributed by atoms with Gasteiger partial charge in [0.25, 0.3) is 0 Å². The third-order valence-corrected chi connectivity index (χ3v) is 2.60. The number of carbonyl (C=O) groups excluding carboxylic acids is 1. The Morgan fingerprint density at radius 1 is 1.42 bits per heavy atom. The van der Waals surface area contributed by atoms with Gasteiger partial charge in [0.15, 0.2) is 0 Å². The largest absolute Gasteiger partial charge is 0.389 e. The SMILES string of the molecule is O=C1CC[C@@H]2C=C[C@@H](O)CCN12. The number of amides is 1. The Balaban J connectivity index is 2.14. The molecule has 2 aliphatic heterocycles. The monoisotopic (exact) mass is 167 g/mol. The maximum atomic E-state index is 11.3. The molecule has 0 aliphatic carbocycles. The summed E-state index contributed by atoms with van der Waals surface area (Å²) < 4.78 is 0. The topological polar surface area (TPSA) is 40.5 Å². The van der Waals surface area contributed by atoms with Crippen LogP contribution in [0.25, 0.3) is 0 Å². The molecule has 2 rings (SSSR count). The molecule has 0 spiro atoms. The Labute approximate surface area is 71.7 Å². The molecule has 12 heavy (non-hydrogen) atoms. The lowest BCUT2D eigenvalue weighted by atomic mass is 10.2. The number of hydrogen-bond acceptors (Lipinski definition) is 2. The maximum absolute atomic E-state index is 11.3. The summed E-state index contributed by atoms with van der Waals surface area (Å²) in [6, 6.07) is 0.259. The number of nitrogens with zero attached hydrogens (tertiary/aromatic N) is 1. The maximum Gasteiger partial charge on any atom is 0.223 e. The second-order valence-corrected chi connectivity index (χ2v) is 3.43. The number of aliphatic hydroxyl groups is 1. The lowest BCUT2D eigenvalue weighted by Gasteiger charge is -2.19.